The molecule has 1 atom stereocenters. The van der Waals surface area contributed by atoms with Crippen LogP contribution >= 0.6 is 15.9 Å². The van der Waals surface area contributed by atoms with Gasteiger partial charge in [-0.1, -0.05) is 15.9 Å². The van der Waals surface area contributed by atoms with Crippen LogP contribution in [0.15, 0.2) is 27.1 Å². The fraction of sp³-hybridized carbons (Fsp3) is 0.300. The van der Waals surface area contributed by atoms with Crippen LogP contribution in [0.1, 0.15) is 12.8 Å². The molecule has 0 spiro atoms. The highest BCUT2D eigenvalue weighted by Gasteiger charge is 2.07. The fourth-order valence-corrected chi connectivity index (χ4v) is 1.65. The van der Waals surface area contributed by atoms with Gasteiger partial charge in [0.1, 0.15) is 5.52 Å². The van der Waals surface area contributed by atoms with Gasteiger partial charge < -0.3 is 10.2 Å². The molecule has 0 saturated carbocycles. The van der Waals surface area contributed by atoms with Gasteiger partial charge in [0.25, 0.3) is 0 Å². The maximum Gasteiger partial charge on any atom is 0.197 e. The molecule has 0 aliphatic carbocycles. The van der Waals surface area contributed by atoms with Crippen molar-refractivity contribution in [3.05, 3.63) is 28.6 Å². The van der Waals surface area contributed by atoms with Crippen molar-refractivity contribution >= 4 is 27.0 Å². The van der Waals surface area contributed by atoms with Gasteiger partial charge in [-0.05, 0) is 25.1 Å². The predicted octanol–water partition coefficient (Wildman–Crippen LogP) is 2.48. The molecule has 0 bridgehead atoms. The van der Waals surface area contributed by atoms with Gasteiger partial charge in [0, 0.05) is 16.9 Å². The van der Waals surface area contributed by atoms with Gasteiger partial charge in [0.05, 0.1) is 0 Å². The average molecular weight is 255 g/mol. The molecular formula is C10H11BrN2O. The van der Waals surface area contributed by atoms with Crippen LogP contribution in [0.3, 0.4) is 0 Å². The lowest BCUT2D eigenvalue weighted by molar-refractivity contribution is 0.506. The van der Waals surface area contributed by atoms with E-state index in [0.717, 1.165) is 15.6 Å². The molecule has 0 aliphatic heterocycles. The molecule has 4 heteroatoms. The number of aromatic nitrogens is 1. The summed E-state index contributed by atoms with van der Waals surface area (Å²) in [5, 5.41) is 0. The van der Waals surface area contributed by atoms with Gasteiger partial charge in [0.15, 0.2) is 11.5 Å². The summed E-state index contributed by atoms with van der Waals surface area (Å²) in [7, 11) is 0. The van der Waals surface area contributed by atoms with Crippen LogP contribution in [-0.2, 0) is 6.42 Å². The molecule has 0 amide bonds. The summed E-state index contributed by atoms with van der Waals surface area (Å²) in [5.74, 6) is 0.702. The predicted molar refractivity (Wildman–Crippen MR) is 59.1 cm³/mol. The quantitative estimate of drug-likeness (QED) is 0.896. The summed E-state index contributed by atoms with van der Waals surface area (Å²) < 4.78 is 6.53. The number of benzene rings is 1. The third-order valence-corrected chi connectivity index (χ3v) is 2.38. The van der Waals surface area contributed by atoms with E-state index in [2.05, 4.69) is 20.9 Å². The van der Waals surface area contributed by atoms with E-state index < -0.39 is 0 Å². The smallest absolute Gasteiger partial charge is 0.197 e. The first-order chi connectivity index (χ1) is 6.65. The Bertz CT molecular complexity index is 450. The van der Waals surface area contributed by atoms with Crippen molar-refractivity contribution in [2.45, 2.75) is 19.4 Å². The summed E-state index contributed by atoms with van der Waals surface area (Å²) in [4.78, 5) is 4.33. The number of hydrogen-bond acceptors (Lipinski definition) is 3. The van der Waals surface area contributed by atoms with Crippen LogP contribution < -0.4 is 5.73 Å². The SMILES string of the molecule is CC(N)Cc1nc2ccc(Br)cc2o1. The second-order valence-corrected chi connectivity index (χ2v) is 4.32. The monoisotopic (exact) mass is 254 g/mol. The lowest BCUT2D eigenvalue weighted by Crippen LogP contribution is -2.17. The number of halogens is 1. The molecule has 2 N–H and O–H groups in total. The normalized spacial score (nSPS) is 13.4. The van der Waals surface area contributed by atoms with Gasteiger partial charge >= 0.3 is 0 Å². The van der Waals surface area contributed by atoms with Crippen LogP contribution in [-0.4, -0.2) is 11.0 Å². The van der Waals surface area contributed by atoms with E-state index in [1.165, 1.54) is 0 Å². The number of nitrogens with two attached hydrogens (primary N) is 1. The second-order valence-electron chi connectivity index (χ2n) is 3.40. The molecule has 0 fully saturated rings. The number of oxazole rings is 1. The van der Waals surface area contributed by atoms with Crippen LogP contribution in [0.2, 0.25) is 0 Å². The molecule has 0 radical (unpaired) electrons. The first kappa shape index (κ1) is 9.68. The van der Waals surface area contributed by atoms with Gasteiger partial charge in [0.2, 0.25) is 0 Å². The molecule has 0 saturated heterocycles. The summed E-state index contributed by atoms with van der Waals surface area (Å²) in [6.07, 6.45) is 0.673. The number of hydrogen-bond donors (Lipinski definition) is 1. The Morgan fingerprint density at radius 1 is 1.57 bits per heavy atom. The minimum atomic E-state index is 0.0755. The Morgan fingerprint density at radius 2 is 2.36 bits per heavy atom. The van der Waals surface area contributed by atoms with Gasteiger partial charge in [-0.2, -0.15) is 0 Å². The van der Waals surface area contributed by atoms with Gasteiger partial charge in [-0.15, -0.1) is 0 Å². The van der Waals surface area contributed by atoms with Crippen molar-refractivity contribution < 1.29 is 4.42 Å². The van der Waals surface area contributed by atoms with Crippen molar-refractivity contribution in [3.8, 4) is 0 Å². The van der Waals surface area contributed by atoms with Crippen molar-refractivity contribution in [2.24, 2.45) is 5.73 Å². The Labute approximate surface area is 90.4 Å². The molecular weight excluding hydrogens is 244 g/mol. The Kier molecular flexibility index (Phi) is 2.56. The van der Waals surface area contributed by atoms with Gasteiger partial charge in [-0.3, -0.25) is 0 Å². The fourth-order valence-electron chi connectivity index (χ4n) is 1.31. The van der Waals surface area contributed by atoms with E-state index >= 15 is 0 Å². The molecule has 1 heterocycles. The first-order valence-corrected chi connectivity index (χ1v) is 5.25. The van der Waals surface area contributed by atoms with Gasteiger partial charge in [-0.25, -0.2) is 4.98 Å². The summed E-state index contributed by atoms with van der Waals surface area (Å²) in [6, 6.07) is 5.85. The molecule has 3 nitrogen and oxygen atoms in total. The Morgan fingerprint density at radius 3 is 3.07 bits per heavy atom. The molecule has 1 unspecified atom stereocenters. The highest BCUT2D eigenvalue weighted by Crippen LogP contribution is 2.20. The third-order valence-electron chi connectivity index (χ3n) is 1.89. The number of nitrogens with zero attached hydrogens (tertiary/aromatic N) is 1. The minimum absolute atomic E-state index is 0.0755. The molecule has 14 heavy (non-hydrogen) atoms. The summed E-state index contributed by atoms with van der Waals surface area (Å²) in [5.41, 5.74) is 7.35. The molecule has 2 rings (SSSR count). The zero-order valence-corrected chi connectivity index (χ0v) is 9.41. The number of rotatable bonds is 2. The van der Waals surface area contributed by atoms with Crippen LogP contribution in [0.25, 0.3) is 11.1 Å². The van der Waals surface area contributed by atoms with Crippen molar-refractivity contribution in [1.29, 1.82) is 0 Å². The second kappa shape index (κ2) is 3.71. The average Bonchev–Trinajstić information content (AvgIpc) is 2.44. The van der Waals surface area contributed by atoms with Crippen LogP contribution in [0.5, 0.6) is 0 Å². The first-order valence-electron chi connectivity index (χ1n) is 4.45. The lowest BCUT2D eigenvalue weighted by atomic mass is 10.2. The standard InChI is InChI=1S/C10H11BrN2O/c1-6(12)4-10-13-8-3-2-7(11)5-9(8)14-10/h2-3,5-6H,4,12H2,1H3. The largest absolute Gasteiger partial charge is 0.441 e. The van der Waals surface area contributed by atoms with E-state index in [1.807, 2.05) is 25.1 Å². The maximum absolute atomic E-state index is 5.67. The highest BCUT2D eigenvalue weighted by molar-refractivity contribution is 9.10. The maximum atomic E-state index is 5.67. The molecule has 1 aromatic carbocycles. The highest BCUT2D eigenvalue weighted by atomic mass is 79.9. The van der Waals surface area contributed by atoms with E-state index in [-0.39, 0.29) is 6.04 Å². The zero-order chi connectivity index (χ0) is 10.1. The summed E-state index contributed by atoms with van der Waals surface area (Å²) in [6.45, 7) is 1.94. The van der Waals surface area contributed by atoms with Crippen molar-refractivity contribution in [2.75, 3.05) is 0 Å². The van der Waals surface area contributed by atoms with Crippen LogP contribution in [0, 0.1) is 0 Å². The lowest BCUT2D eigenvalue weighted by Gasteiger charge is -1.97. The Hall–Kier alpha value is -0.870. The Balaban J connectivity index is 2.41. The zero-order valence-electron chi connectivity index (χ0n) is 7.83. The molecule has 0 aliphatic rings. The van der Waals surface area contributed by atoms with E-state index in [9.17, 15) is 0 Å². The van der Waals surface area contributed by atoms with E-state index in [4.69, 9.17) is 10.2 Å². The molecule has 74 valence electrons. The van der Waals surface area contributed by atoms with E-state index in [0.29, 0.717) is 12.3 Å². The summed E-state index contributed by atoms with van der Waals surface area (Å²) >= 11 is 3.38. The molecule has 2 aromatic rings. The molecule has 1 aromatic heterocycles. The van der Waals surface area contributed by atoms with Crippen molar-refractivity contribution in [3.63, 3.8) is 0 Å². The number of fused-ring (bicyclic) bond motifs is 1. The third kappa shape index (κ3) is 1.96. The topological polar surface area (TPSA) is 52.0 Å². The minimum Gasteiger partial charge on any atom is -0.441 e. The van der Waals surface area contributed by atoms with E-state index in [1.54, 1.807) is 0 Å². The van der Waals surface area contributed by atoms with Crippen molar-refractivity contribution in [1.82, 2.24) is 4.98 Å². The van der Waals surface area contributed by atoms with Crippen LogP contribution in [0.4, 0.5) is 0 Å².